The number of carbonyl (C=O) groups excluding carboxylic acids is 2. The third-order valence-corrected chi connectivity index (χ3v) is 6.73. The summed E-state index contributed by atoms with van der Waals surface area (Å²) in [6.07, 6.45) is -0.752. The summed E-state index contributed by atoms with van der Waals surface area (Å²) in [5.74, 6) is -2.03. The van der Waals surface area contributed by atoms with Gasteiger partial charge in [-0.2, -0.15) is 0 Å². The summed E-state index contributed by atoms with van der Waals surface area (Å²) < 4.78 is 31.8. The Morgan fingerprint density at radius 1 is 1.06 bits per heavy atom. The van der Waals surface area contributed by atoms with Crippen LogP contribution in [0.1, 0.15) is 81.7 Å². The van der Waals surface area contributed by atoms with E-state index in [0.717, 1.165) is 12.8 Å². The van der Waals surface area contributed by atoms with E-state index >= 15 is 0 Å². The number of hydrogen-bond acceptors (Lipinski definition) is 7. The number of phenolic OH excluding ortho intramolecular Hbond substituents is 2. The van der Waals surface area contributed by atoms with Crippen LogP contribution in [0.4, 0.5) is 4.39 Å². The van der Waals surface area contributed by atoms with E-state index < -0.39 is 41.6 Å². The van der Waals surface area contributed by atoms with Crippen LogP contribution in [-0.4, -0.2) is 47.5 Å². The number of benzene rings is 2. The number of rotatable bonds is 3. The number of carbonyl (C=O) groups is 2. The van der Waals surface area contributed by atoms with E-state index in [4.69, 9.17) is 14.2 Å². The minimum atomic E-state index is -1.35. The molecule has 0 saturated carbocycles. The molecule has 33 heavy (non-hydrogen) atoms. The van der Waals surface area contributed by atoms with E-state index in [1.807, 2.05) is 6.92 Å². The van der Waals surface area contributed by atoms with Crippen molar-refractivity contribution in [1.82, 2.24) is 0 Å². The van der Waals surface area contributed by atoms with Crippen molar-refractivity contribution in [3.8, 4) is 17.2 Å². The Hall–Kier alpha value is -2.97. The zero-order valence-corrected chi connectivity index (χ0v) is 18.4. The van der Waals surface area contributed by atoms with Gasteiger partial charge >= 0.3 is 0 Å². The lowest BCUT2D eigenvalue weighted by Crippen LogP contribution is -2.32. The van der Waals surface area contributed by atoms with Crippen molar-refractivity contribution in [2.75, 3.05) is 7.11 Å². The van der Waals surface area contributed by atoms with Gasteiger partial charge in [0, 0.05) is 29.5 Å². The predicted octanol–water partition coefficient (Wildman–Crippen LogP) is 4.14. The molecule has 7 nitrogen and oxygen atoms in total. The van der Waals surface area contributed by atoms with Crippen LogP contribution in [0.2, 0.25) is 0 Å². The van der Waals surface area contributed by atoms with Crippen LogP contribution in [0, 0.1) is 0 Å². The largest absolute Gasteiger partial charge is 0.507 e. The number of fused-ring (bicyclic) bond motifs is 3. The highest BCUT2D eigenvalue weighted by atomic mass is 19.1. The van der Waals surface area contributed by atoms with Gasteiger partial charge in [-0.3, -0.25) is 9.59 Å². The van der Waals surface area contributed by atoms with Gasteiger partial charge < -0.3 is 24.4 Å². The average Bonchev–Trinajstić information content (AvgIpc) is 2.79. The zero-order valence-electron chi connectivity index (χ0n) is 18.4. The SMILES string of the molecule is COc1cccc2c1C(=O)c1c(O)c3c(c(O)c1C2=O)CC(F)CC3OC1CCC[C@H](C)O1. The first-order valence-corrected chi connectivity index (χ1v) is 11.1. The third kappa shape index (κ3) is 3.40. The monoisotopic (exact) mass is 456 g/mol. The summed E-state index contributed by atoms with van der Waals surface area (Å²) in [5.41, 5.74) is -0.308. The summed E-state index contributed by atoms with van der Waals surface area (Å²) in [4.78, 5) is 26.7. The van der Waals surface area contributed by atoms with Crippen molar-refractivity contribution in [3.63, 3.8) is 0 Å². The molecule has 2 aromatic carbocycles. The second-order valence-electron chi connectivity index (χ2n) is 8.85. The number of halogens is 1. The molecule has 4 atom stereocenters. The number of ketones is 2. The first-order valence-electron chi connectivity index (χ1n) is 11.1. The average molecular weight is 456 g/mol. The normalized spacial score (nSPS) is 26.4. The minimum absolute atomic E-state index is 0.0123. The van der Waals surface area contributed by atoms with Crippen LogP contribution in [0.3, 0.4) is 0 Å². The molecule has 174 valence electrons. The van der Waals surface area contributed by atoms with Crippen LogP contribution in [-0.2, 0) is 15.9 Å². The number of ether oxygens (including phenoxy) is 3. The summed E-state index contributed by atoms with van der Waals surface area (Å²) >= 11 is 0. The molecular weight excluding hydrogens is 431 g/mol. The van der Waals surface area contributed by atoms with Gasteiger partial charge in [-0.1, -0.05) is 12.1 Å². The molecule has 0 aromatic heterocycles. The minimum Gasteiger partial charge on any atom is -0.507 e. The Balaban J connectivity index is 1.66. The fourth-order valence-corrected chi connectivity index (χ4v) is 5.20. The molecule has 2 aliphatic carbocycles. The molecule has 1 fully saturated rings. The molecule has 0 radical (unpaired) electrons. The van der Waals surface area contributed by atoms with Crippen LogP contribution in [0.25, 0.3) is 0 Å². The maximum Gasteiger partial charge on any atom is 0.202 e. The molecule has 1 saturated heterocycles. The van der Waals surface area contributed by atoms with Gasteiger partial charge in [0.05, 0.1) is 36.0 Å². The quantitative estimate of drug-likeness (QED) is 0.571. The number of methoxy groups -OCH3 is 1. The Morgan fingerprint density at radius 2 is 1.82 bits per heavy atom. The van der Waals surface area contributed by atoms with Crippen molar-refractivity contribution in [1.29, 1.82) is 0 Å². The van der Waals surface area contributed by atoms with Gasteiger partial charge in [0.1, 0.15) is 23.4 Å². The first-order chi connectivity index (χ1) is 15.8. The lowest BCUT2D eigenvalue weighted by molar-refractivity contribution is -0.217. The third-order valence-electron chi connectivity index (χ3n) is 6.73. The van der Waals surface area contributed by atoms with E-state index in [1.165, 1.54) is 13.2 Å². The second kappa shape index (κ2) is 8.11. The molecule has 2 N–H and O–H groups in total. The van der Waals surface area contributed by atoms with Crippen molar-refractivity contribution in [2.45, 2.75) is 63.7 Å². The zero-order chi connectivity index (χ0) is 23.4. The number of aromatic hydroxyl groups is 2. The first kappa shape index (κ1) is 21.9. The second-order valence-corrected chi connectivity index (χ2v) is 8.85. The maximum absolute atomic E-state index is 14.7. The van der Waals surface area contributed by atoms with Crippen molar-refractivity contribution in [3.05, 3.63) is 51.6 Å². The molecule has 3 aliphatic rings. The lowest BCUT2D eigenvalue weighted by atomic mass is 9.76. The van der Waals surface area contributed by atoms with E-state index in [1.54, 1.807) is 12.1 Å². The Bertz CT molecular complexity index is 1160. The molecule has 0 bridgehead atoms. The van der Waals surface area contributed by atoms with Crippen molar-refractivity contribution < 1.29 is 38.4 Å². The van der Waals surface area contributed by atoms with Crippen LogP contribution in [0.15, 0.2) is 18.2 Å². The van der Waals surface area contributed by atoms with Gasteiger partial charge in [-0.25, -0.2) is 4.39 Å². The molecule has 3 unspecified atom stereocenters. The van der Waals surface area contributed by atoms with Crippen molar-refractivity contribution in [2.24, 2.45) is 0 Å². The molecule has 0 spiro atoms. The Labute approximate surface area is 190 Å². The van der Waals surface area contributed by atoms with Crippen LogP contribution >= 0.6 is 0 Å². The lowest BCUT2D eigenvalue weighted by Gasteiger charge is -2.36. The Kier molecular flexibility index (Phi) is 5.37. The molecule has 2 aromatic rings. The van der Waals surface area contributed by atoms with E-state index in [-0.39, 0.29) is 58.1 Å². The fourth-order valence-electron chi connectivity index (χ4n) is 5.20. The highest BCUT2D eigenvalue weighted by Gasteiger charge is 2.43. The molecular formula is C25H25FO7. The topological polar surface area (TPSA) is 102 Å². The standard InChI is InChI=1S/C25H25FO7/c1-11-5-3-8-17(32-11)33-16-10-12(26)9-14-19(16)25(30)21-20(23(14)28)22(27)13-6-4-7-15(31-2)18(13)24(21)29/h4,6-7,11-12,16-17,28,30H,3,5,8-10H2,1-2H3/t11-,12?,16?,17?/m0/s1. The van der Waals surface area contributed by atoms with Crippen LogP contribution < -0.4 is 4.74 Å². The smallest absolute Gasteiger partial charge is 0.202 e. The summed E-state index contributed by atoms with van der Waals surface area (Å²) in [7, 11) is 1.38. The van der Waals surface area contributed by atoms with Gasteiger partial charge in [0.2, 0.25) is 5.78 Å². The maximum atomic E-state index is 14.7. The van der Waals surface area contributed by atoms with Gasteiger partial charge in [0.15, 0.2) is 12.1 Å². The number of alkyl halides is 1. The van der Waals surface area contributed by atoms with Gasteiger partial charge in [0.25, 0.3) is 0 Å². The van der Waals surface area contributed by atoms with Crippen LogP contribution in [0.5, 0.6) is 17.2 Å². The van der Waals surface area contributed by atoms with Gasteiger partial charge in [-0.15, -0.1) is 0 Å². The molecule has 1 aliphatic heterocycles. The fraction of sp³-hybridized carbons (Fsp3) is 0.440. The van der Waals surface area contributed by atoms with E-state index in [0.29, 0.717) is 6.42 Å². The number of hydrogen-bond donors (Lipinski definition) is 2. The highest BCUT2D eigenvalue weighted by Crippen LogP contribution is 2.51. The molecule has 0 amide bonds. The van der Waals surface area contributed by atoms with E-state index in [9.17, 15) is 24.2 Å². The van der Waals surface area contributed by atoms with Gasteiger partial charge in [-0.05, 0) is 32.3 Å². The van der Waals surface area contributed by atoms with E-state index in [2.05, 4.69) is 0 Å². The number of phenols is 2. The predicted molar refractivity (Wildman–Crippen MR) is 115 cm³/mol. The summed E-state index contributed by atoms with van der Waals surface area (Å²) in [6, 6.07) is 4.57. The molecule has 8 heteroatoms. The van der Waals surface area contributed by atoms with Crippen molar-refractivity contribution >= 4 is 11.6 Å². The Morgan fingerprint density at radius 3 is 2.55 bits per heavy atom. The summed E-state index contributed by atoms with van der Waals surface area (Å²) in [6.45, 7) is 1.93. The molecule has 1 heterocycles. The molecule has 5 rings (SSSR count). The highest BCUT2D eigenvalue weighted by molar-refractivity contribution is 6.31. The summed E-state index contributed by atoms with van der Waals surface area (Å²) in [5, 5.41) is 22.3.